The summed E-state index contributed by atoms with van der Waals surface area (Å²) in [6, 6.07) is 0. The van der Waals surface area contributed by atoms with Crippen LogP contribution in [-0.2, 0) is 12.8 Å². The van der Waals surface area contributed by atoms with E-state index in [0.717, 1.165) is 18.4 Å². The van der Waals surface area contributed by atoms with Crippen LogP contribution in [0.15, 0.2) is 0 Å². The van der Waals surface area contributed by atoms with Gasteiger partial charge in [0.1, 0.15) is 0 Å². The average molecular weight is 197 g/mol. The van der Waals surface area contributed by atoms with Gasteiger partial charge in [0.15, 0.2) is 5.15 Å². The lowest BCUT2D eigenvalue weighted by Crippen LogP contribution is -2.01. The topological polar surface area (TPSA) is 25.8 Å². The standard InChI is InChI=1S/C10H13ClN2/c1-7-8-5-3-2-4-6-9(8)12-13-10(7)11/h2-6H2,1H3. The fraction of sp³-hybridized carbons (Fsp3) is 0.600. The first-order valence-electron chi connectivity index (χ1n) is 4.79. The van der Waals surface area contributed by atoms with E-state index in [0.29, 0.717) is 5.15 Å². The highest BCUT2D eigenvalue weighted by atomic mass is 35.5. The monoisotopic (exact) mass is 196 g/mol. The summed E-state index contributed by atoms with van der Waals surface area (Å²) >= 11 is 5.93. The maximum Gasteiger partial charge on any atom is 0.154 e. The van der Waals surface area contributed by atoms with E-state index >= 15 is 0 Å². The highest BCUT2D eigenvalue weighted by Gasteiger charge is 2.14. The van der Waals surface area contributed by atoms with Gasteiger partial charge in [0, 0.05) is 0 Å². The molecule has 0 saturated heterocycles. The zero-order valence-electron chi connectivity index (χ0n) is 7.81. The molecule has 1 aliphatic rings. The second kappa shape index (κ2) is 3.62. The fourth-order valence-electron chi connectivity index (χ4n) is 1.88. The Labute approximate surface area is 83.3 Å². The number of aromatic nitrogens is 2. The highest BCUT2D eigenvalue weighted by molar-refractivity contribution is 6.30. The van der Waals surface area contributed by atoms with Crippen LogP contribution in [0.4, 0.5) is 0 Å². The average Bonchev–Trinajstić information content (AvgIpc) is 2.36. The molecule has 1 aromatic rings. The van der Waals surface area contributed by atoms with Crippen LogP contribution in [0.1, 0.15) is 36.1 Å². The molecular formula is C10H13ClN2. The largest absolute Gasteiger partial charge is 0.154 e. The van der Waals surface area contributed by atoms with Crippen molar-refractivity contribution < 1.29 is 0 Å². The lowest BCUT2D eigenvalue weighted by atomic mass is 10.1. The number of aryl methyl sites for hydroxylation is 1. The zero-order valence-corrected chi connectivity index (χ0v) is 8.56. The van der Waals surface area contributed by atoms with Crippen molar-refractivity contribution in [3.05, 3.63) is 22.0 Å². The Balaban J connectivity index is 2.48. The first-order valence-corrected chi connectivity index (χ1v) is 5.17. The van der Waals surface area contributed by atoms with Crippen molar-refractivity contribution in [1.82, 2.24) is 10.2 Å². The van der Waals surface area contributed by atoms with Crippen molar-refractivity contribution in [1.29, 1.82) is 0 Å². The van der Waals surface area contributed by atoms with Gasteiger partial charge in [-0.25, -0.2) is 0 Å². The summed E-state index contributed by atoms with van der Waals surface area (Å²) in [7, 11) is 0. The smallest absolute Gasteiger partial charge is 0.154 e. The van der Waals surface area contributed by atoms with E-state index in [1.54, 1.807) is 0 Å². The third-order valence-electron chi connectivity index (χ3n) is 2.71. The molecule has 0 aliphatic heterocycles. The Morgan fingerprint density at radius 3 is 2.69 bits per heavy atom. The molecule has 0 N–H and O–H groups in total. The van der Waals surface area contributed by atoms with Crippen molar-refractivity contribution >= 4 is 11.6 Å². The molecule has 0 saturated carbocycles. The van der Waals surface area contributed by atoms with Gasteiger partial charge in [-0.15, -0.1) is 5.10 Å². The molecule has 0 aromatic carbocycles. The minimum Gasteiger partial charge on any atom is -0.154 e. The predicted octanol–water partition coefficient (Wildman–Crippen LogP) is 2.71. The van der Waals surface area contributed by atoms with Gasteiger partial charge in [0.2, 0.25) is 0 Å². The zero-order chi connectivity index (χ0) is 9.26. The number of halogens is 1. The molecule has 0 unspecified atom stereocenters. The van der Waals surface area contributed by atoms with Crippen LogP contribution in [0.3, 0.4) is 0 Å². The van der Waals surface area contributed by atoms with Crippen molar-refractivity contribution in [2.24, 2.45) is 0 Å². The molecular weight excluding hydrogens is 184 g/mol. The van der Waals surface area contributed by atoms with E-state index in [4.69, 9.17) is 11.6 Å². The molecule has 1 aromatic heterocycles. The van der Waals surface area contributed by atoms with Gasteiger partial charge in [-0.3, -0.25) is 0 Å². The molecule has 0 spiro atoms. The highest BCUT2D eigenvalue weighted by Crippen LogP contribution is 2.24. The minimum absolute atomic E-state index is 0.570. The van der Waals surface area contributed by atoms with Gasteiger partial charge < -0.3 is 0 Å². The van der Waals surface area contributed by atoms with E-state index in [1.165, 1.54) is 30.5 Å². The maximum absolute atomic E-state index is 5.93. The van der Waals surface area contributed by atoms with E-state index in [2.05, 4.69) is 10.2 Å². The first-order chi connectivity index (χ1) is 6.29. The lowest BCUT2D eigenvalue weighted by molar-refractivity contribution is 0.706. The molecule has 1 aliphatic carbocycles. The van der Waals surface area contributed by atoms with Crippen molar-refractivity contribution in [2.45, 2.75) is 39.0 Å². The van der Waals surface area contributed by atoms with Crippen LogP contribution in [0.25, 0.3) is 0 Å². The van der Waals surface area contributed by atoms with E-state index in [9.17, 15) is 0 Å². The van der Waals surface area contributed by atoms with Crippen molar-refractivity contribution in [3.8, 4) is 0 Å². The van der Waals surface area contributed by atoms with Crippen molar-refractivity contribution in [2.75, 3.05) is 0 Å². The third-order valence-corrected chi connectivity index (χ3v) is 3.07. The Hall–Kier alpha value is -0.630. The Morgan fingerprint density at radius 1 is 1.08 bits per heavy atom. The summed E-state index contributed by atoms with van der Waals surface area (Å²) in [5.41, 5.74) is 3.64. The number of rotatable bonds is 0. The molecule has 0 bridgehead atoms. The van der Waals surface area contributed by atoms with E-state index in [-0.39, 0.29) is 0 Å². The molecule has 13 heavy (non-hydrogen) atoms. The van der Waals surface area contributed by atoms with Crippen LogP contribution in [-0.4, -0.2) is 10.2 Å². The normalized spacial score (nSPS) is 16.5. The Bertz CT molecular complexity index is 323. The third kappa shape index (κ3) is 1.68. The molecule has 0 amide bonds. The van der Waals surface area contributed by atoms with Gasteiger partial charge in [0.05, 0.1) is 5.69 Å². The van der Waals surface area contributed by atoms with Crippen molar-refractivity contribution in [3.63, 3.8) is 0 Å². The van der Waals surface area contributed by atoms with Crippen LogP contribution < -0.4 is 0 Å². The predicted molar refractivity (Wildman–Crippen MR) is 53.0 cm³/mol. The summed E-state index contributed by atoms with van der Waals surface area (Å²) in [5, 5.41) is 8.68. The summed E-state index contributed by atoms with van der Waals surface area (Å²) in [6.07, 6.45) is 5.99. The molecule has 1 heterocycles. The summed E-state index contributed by atoms with van der Waals surface area (Å²) in [4.78, 5) is 0. The maximum atomic E-state index is 5.93. The lowest BCUT2D eigenvalue weighted by Gasteiger charge is -2.07. The molecule has 2 nitrogen and oxygen atoms in total. The number of fused-ring (bicyclic) bond motifs is 1. The SMILES string of the molecule is Cc1c(Cl)nnc2c1CCCCC2. The van der Waals surface area contributed by atoms with Crippen LogP contribution in [0.2, 0.25) is 5.15 Å². The molecule has 2 rings (SSSR count). The molecule has 3 heteroatoms. The minimum atomic E-state index is 0.570. The van der Waals surface area contributed by atoms with Crippen LogP contribution >= 0.6 is 11.6 Å². The van der Waals surface area contributed by atoms with Crippen LogP contribution in [0, 0.1) is 6.92 Å². The van der Waals surface area contributed by atoms with E-state index < -0.39 is 0 Å². The molecule has 0 fully saturated rings. The first kappa shape index (κ1) is 8.95. The fourth-order valence-corrected chi connectivity index (χ4v) is 2.04. The second-order valence-corrected chi connectivity index (χ2v) is 3.96. The Morgan fingerprint density at radius 2 is 1.85 bits per heavy atom. The van der Waals surface area contributed by atoms with Gasteiger partial charge in [0.25, 0.3) is 0 Å². The molecule has 70 valence electrons. The summed E-state index contributed by atoms with van der Waals surface area (Å²) < 4.78 is 0. The van der Waals surface area contributed by atoms with Gasteiger partial charge in [-0.2, -0.15) is 5.10 Å². The van der Waals surface area contributed by atoms with Gasteiger partial charge >= 0.3 is 0 Å². The molecule has 0 radical (unpaired) electrons. The molecule has 0 atom stereocenters. The van der Waals surface area contributed by atoms with Gasteiger partial charge in [-0.1, -0.05) is 18.0 Å². The number of hydrogen-bond donors (Lipinski definition) is 0. The van der Waals surface area contributed by atoms with Gasteiger partial charge in [-0.05, 0) is 43.7 Å². The second-order valence-electron chi connectivity index (χ2n) is 3.60. The number of nitrogens with zero attached hydrogens (tertiary/aromatic N) is 2. The summed E-state index contributed by atoms with van der Waals surface area (Å²) in [6.45, 7) is 2.04. The van der Waals surface area contributed by atoms with Crippen LogP contribution in [0.5, 0.6) is 0 Å². The summed E-state index contributed by atoms with van der Waals surface area (Å²) in [5.74, 6) is 0. The van der Waals surface area contributed by atoms with E-state index in [1.807, 2.05) is 6.92 Å². The Kier molecular flexibility index (Phi) is 2.49. The quantitative estimate of drug-likeness (QED) is 0.597. The number of hydrogen-bond acceptors (Lipinski definition) is 2.